The number of nitrogens with two attached hydrogens (primary N) is 1. The van der Waals surface area contributed by atoms with Crippen LogP contribution in [0.25, 0.3) is 16.6 Å². The topological polar surface area (TPSA) is 105 Å². The molecule has 4 rings (SSSR count). The number of anilines is 1. The number of halogens is 3. The van der Waals surface area contributed by atoms with Gasteiger partial charge in [-0.2, -0.15) is 0 Å². The molecular weight excluding hydrogens is 508 g/mol. The lowest BCUT2D eigenvalue weighted by molar-refractivity contribution is 0.0519. The third kappa shape index (κ3) is 4.68. The monoisotopic (exact) mass is 531 g/mol. The molecule has 2 N–H and O–H groups in total. The van der Waals surface area contributed by atoms with Crippen molar-refractivity contribution in [2.45, 2.75) is 39.7 Å². The van der Waals surface area contributed by atoms with Crippen molar-refractivity contribution in [3.05, 3.63) is 69.9 Å². The van der Waals surface area contributed by atoms with Crippen molar-refractivity contribution < 1.29 is 18.7 Å². The minimum Gasteiger partial charge on any atom is -0.490 e. The van der Waals surface area contributed by atoms with Gasteiger partial charge in [-0.15, -0.1) is 0 Å². The molecule has 0 bridgehead atoms. The van der Waals surface area contributed by atoms with Crippen LogP contribution in [-0.4, -0.2) is 38.0 Å². The smallest absolute Gasteiger partial charge is 0.356 e. The first-order chi connectivity index (χ1) is 17.1. The lowest BCUT2D eigenvalue weighted by Crippen LogP contribution is -2.13. The van der Waals surface area contributed by atoms with Gasteiger partial charge in [0.25, 0.3) is 0 Å². The number of nitrogens with zero attached hydrogens (tertiary/aromatic N) is 4. The second-order valence-electron chi connectivity index (χ2n) is 8.30. The first kappa shape index (κ1) is 25.7. The predicted molar refractivity (Wildman–Crippen MR) is 136 cm³/mol. The molecule has 0 fully saturated rings. The summed E-state index contributed by atoms with van der Waals surface area (Å²) in [5.74, 6) is -0.627. The van der Waals surface area contributed by atoms with E-state index in [9.17, 15) is 4.79 Å². The molecule has 0 spiro atoms. The Morgan fingerprint density at radius 3 is 2.61 bits per heavy atom. The minimum absolute atomic E-state index is 0.104. The standard InChI is InChI=1S/C25H24Cl2FN5O3/c1-5-35-25(34)17-7-6-14(11-31-17)18-19(28)16(26)10-15(21(18)36-12(2)3)13(4)24-32-22(27)20-23(29)30-8-9-33(20)24/h6-13H,5H2,1-4H3,(H2,29,30). The maximum atomic E-state index is 15.5. The number of ether oxygens (including phenoxy) is 2. The van der Waals surface area contributed by atoms with Gasteiger partial charge in [0.05, 0.1) is 23.3 Å². The second-order valence-corrected chi connectivity index (χ2v) is 9.06. The number of carbonyl (C=O) groups excluding carboxylic acids is 1. The van der Waals surface area contributed by atoms with Crippen LogP contribution in [0.15, 0.2) is 36.8 Å². The van der Waals surface area contributed by atoms with E-state index in [1.165, 1.54) is 18.3 Å². The molecule has 0 saturated carbocycles. The first-order valence-corrected chi connectivity index (χ1v) is 12.0. The molecule has 3 aromatic heterocycles. The Morgan fingerprint density at radius 1 is 1.22 bits per heavy atom. The highest BCUT2D eigenvalue weighted by atomic mass is 35.5. The number of pyridine rings is 1. The Balaban J connectivity index is 1.91. The van der Waals surface area contributed by atoms with Crippen LogP contribution in [0.1, 0.15) is 55.5 Å². The van der Waals surface area contributed by atoms with Gasteiger partial charge in [0.2, 0.25) is 0 Å². The van der Waals surface area contributed by atoms with Gasteiger partial charge in [-0.3, -0.25) is 4.40 Å². The lowest BCUT2D eigenvalue weighted by atomic mass is 9.93. The molecule has 1 atom stereocenters. The summed E-state index contributed by atoms with van der Waals surface area (Å²) < 4.78 is 28.4. The number of nitrogen functional groups attached to an aromatic ring is 1. The summed E-state index contributed by atoms with van der Waals surface area (Å²) in [7, 11) is 0. The predicted octanol–water partition coefficient (Wildman–Crippen LogP) is 5.94. The number of rotatable bonds is 7. The quantitative estimate of drug-likeness (QED) is 0.294. The molecule has 0 amide bonds. The summed E-state index contributed by atoms with van der Waals surface area (Å²) in [5, 5.41) is 0.0894. The van der Waals surface area contributed by atoms with E-state index < -0.39 is 17.7 Å². The van der Waals surface area contributed by atoms with Gasteiger partial charge >= 0.3 is 5.97 Å². The average Bonchev–Trinajstić information content (AvgIpc) is 3.18. The Hall–Kier alpha value is -3.43. The number of fused-ring (bicyclic) bond motifs is 1. The van der Waals surface area contributed by atoms with E-state index in [0.29, 0.717) is 22.5 Å². The molecule has 0 aliphatic rings. The molecule has 8 nitrogen and oxygen atoms in total. The molecule has 1 unspecified atom stereocenters. The van der Waals surface area contributed by atoms with E-state index in [-0.39, 0.29) is 45.7 Å². The van der Waals surface area contributed by atoms with Crippen LogP contribution < -0.4 is 10.5 Å². The number of imidazole rings is 1. The second kappa shape index (κ2) is 10.3. The number of benzene rings is 1. The van der Waals surface area contributed by atoms with Crippen LogP contribution in [0.3, 0.4) is 0 Å². The minimum atomic E-state index is -0.673. The molecule has 0 aliphatic carbocycles. The molecular formula is C25H24Cl2FN5O3. The summed E-state index contributed by atoms with van der Waals surface area (Å²) in [4.78, 5) is 24.8. The normalized spacial score (nSPS) is 12.2. The number of hydrogen-bond acceptors (Lipinski definition) is 7. The van der Waals surface area contributed by atoms with Gasteiger partial charge in [-0.25, -0.2) is 24.1 Å². The molecule has 0 radical (unpaired) electrons. The van der Waals surface area contributed by atoms with Gasteiger partial charge in [0.15, 0.2) is 16.8 Å². The maximum absolute atomic E-state index is 15.5. The van der Waals surface area contributed by atoms with Crippen molar-refractivity contribution in [2.24, 2.45) is 0 Å². The first-order valence-electron chi connectivity index (χ1n) is 11.2. The lowest BCUT2D eigenvalue weighted by Gasteiger charge is -2.23. The average molecular weight is 532 g/mol. The third-order valence-corrected chi connectivity index (χ3v) is 6.05. The fourth-order valence-corrected chi connectivity index (χ4v) is 4.41. The van der Waals surface area contributed by atoms with Crippen LogP contribution >= 0.6 is 23.2 Å². The fraction of sp³-hybridized carbons (Fsp3) is 0.280. The molecule has 4 aromatic rings. The van der Waals surface area contributed by atoms with Gasteiger partial charge in [0.1, 0.15) is 22.8 Å². The molecule has 36 heavy (non-hydrogen) atoms. The van der Waals surface area contributed by atoms with Crippen molar-refractivity contribution in [2.75, 3.05) is 12.3 Å². The van der Waals surface area contributed by atoms with Gasteiger partial charge in [-0.05, 0) is 32.9 Å². The highest BCUT2D eigenvalue weighted by Crippen LogP contribution is 2.44. The summed E-state index contributed by atoms with van der Waals surface area (Å²) in [6, 6.07) is 4.56. The zero-order valence-electron chi connectivity index (χ0n) is 20.1. The molecule has 3 heterocycles. The van der Waals surface area contributed by atoms with E-state index in [2.05, 4.69) is 15.0 Å². The number of hydrogen-bond donors (Lipinski definition) is 1. The van der Waals surface area contributed by atoms with Crippen LogP contribution in [0.5, 0.6) is 5.75 Å². The highest BCUT2D eigenvalue weighted by molar-refractivity contribution is 6.33. The van der Waals surface area contributed by atoms with Crippen molar-refractivity contribution in [1.82, 2.24) is 19.4 Å². The van der Waals surface area contributed by atoms with Crippen molar-refractivity contribution in [3.8, 4) is 16.9 Å². The molecule has 0 aliphatic heterocycles. The fourth-order valence-electron chi connectivity index (χ4n) is 3.93. The molecule has 0 saturated heterocycles. The summed E-state index contributed by atoms with van der Waals surface area (Å²) in [6.07, 6.45) is 4.34. The van der Waals surface area contributed by atoms with Crippen molar-refractivity contribution in [1.29, 1.82) is 0 Å². The van der Waals surface area contributed by atoms with Gasteiger partial charge < -0.3 is 15.2 Å². The summed E-state index contributed by atoms with van der Waals surface area (Å²) in [5.41, 5.74) is 7.67. The van der Waals surface area contributed by atoms with E-state index in [4.69, 9.17) is 38.4 Å². The van der Waals surface area contributed by atoms with E-state index in [1.54, 1.807) is 29.8 Å². The Morgan fingerprint density at radius 2 is 1.97 bits per heavy atom. The van der Waals surface area contributed by atoms with Crippen molar-refractivity contribution in [3.63, 3.8) is 0 Å². The Kier molecular flexibility index (Phi) is 7.33. The zero-order chi connectivity index (χ0) is 26.1. The van der Waals surface area contributed by atoms with Gasteiger partial charge in [-0.1, -0.05) is 36.2 Å². The van der Waals surface area contributed by atoms with E-state index >= 15 is 4.39 Å². The highest BCUT2D eigenvalue weighted by Gasteiger charge is 2.28. The third-order valence-electron chi connectivity index (χ3n) is 5.51. The Labute approximate surface area is 217 Å². The van der Waals surface area contributed by atoms with Crippen LogP contribution in [0, 0.1) is 5.82 Å². The van der Waals surface area contributed by atoms with E-state index in [0.717, 1.165) is 0 Å². The molecule has 1 aromatic carbocycles. The number of esters is 1. The number of carbonyl (C=O) groups is 1. The van der Waals surface area contributed by atoms with Gasteiger partial charge in [0, 0.05) is 35.6 Å². The zero-order valence-corrected chi connectivity index (χ0v) is 21.6. The van der Waals surface area contributed by atoms with Crippen LogP contribution in [0.2, 0.25) is 10.2 Å². The maximum Gasteiger partial charge on any atom is 0.356 e. The largest absolute Gasteiger partial charge is 0.490 e. The summed E-state index contributed by atoms with van der Waals surface area (Å²) >= 11 is 12.7. The molecule has 188 valence electrons. The van der Waals surface area contributed by atoms with Crippen LogP contribution in [0.4, 0.5) is 10.2 Å². The summed E-state index contributed by atoms with van der Waals surface area (Å²) in [6.45, 7) is 7.46. The molecule has 11 heteroatoms. The van der Waals surface area contributed by atoms with Crippen molar-refractivity contribution >= 4 is 40.5 Å². The SMILES string of the molecule is CCOC(=O)c1ccc(-c2c(F)c(Cl)cc(C(C)c3nc(Cl)c4c(N)nccn34)c2OC(C)C)cn1. The van der Waals surface area contributed by atoms with Crippen LogP contribution in [-0.2, 0) is 4.74 Å². The van der Waals surface area contributed by atoms with E-state index in [1.807, 2.05) is 20.8 Å². The Bertz CT molecular complexity index is 1440. The number of aromatic nitrogens is 4.